The number of benzene rings is 1. The number of carbonyl (C=O) groups excluding carboxylic acids is 1. The van der Waals surface area contributed by atoms with Crippen LogP contribution in [0.1, 0.15) is 10.4 Å². The fourth-order valence-electron chi connectivity index (χ4n) is 1.63. The van der Waals surface area contributed by atoms with E-state index in [1.165, 1.54) is 12.4 Å². The first-order chi connectivity index (χ1) is 9.52. The lowest BCUT2D eigenvalue weighted by Crippen LogP contribution is -2.15. The number of nitrogens with one attached hydrogen (secondary N) is 2. The van der Waals surface area contributed by atoms with E-state index in [0.717, 1.165) is 12.1 Å². The fraction of sp³-hybridized carbons (Fsp3) is 0.0769. The summed E-state index contributed by atoms with van der Waals surface area (Å²) in [5.41, 5.74) is 1.09. The molecule has 104 valence electrons. The molecule has 0 saturated carbocycles. The molecule has 0 aliphatic carbocycles. The van der Waals surface area contributed by atoms with Gasteiger partial charge in [-0.15, -0.1) is 0 Å². The van der Waals surface area contributed by atoms with Gasteiger partial charge in [-0.25, -0.2) is 4.39 Å². The number of pyridine rings is 1. The standard InChI is InChI=1S/C13H10Cl2FN3O/c1-17-11-6-18-3-2-8(11)13(20)19-12-9(14)4-7(16)5-10(12)15/h2-6,17H,1H3,(H,19,20). The van der Waals surface area contributed by atoms with E-state index in [9.17, 15) is 9.18 Å². The molecule has 0 aliphatic rings. The topological polar surface area (TPSA) is 54.0 Å². The van der Waals surface area contributed by atoms with Crippen molar-refractivity contribution in [1.29, 1.82) is 0 Å². The first kappa shape index (κ1) is 14.6. The molecule has 0 saturated heterocycles. The molecule has 1 heterocycles. The first-order valence-electron chi connectivity index (χ1n) is 5.60. The van der Waals surface area contributed by atoms with E-state index in [4.69, 9.17) is 23.2 Å². The Hall–Kier alpha value is -1.85. The predicted molar refractivity (Wildman–Crippen MR) is 78.2 cm³/mol. The van der Waals surface area contributed by atoms with E-state index < -0.39 is 11.7 Å². The molecule has 0 radical (unpaired) electrons. The molecule has 2 N–H and O–H groups in total. The van der Waals surface area contributed by atoms with E-state index in [1.54, 1.807) is 13.1 Å². The highest BCUT2D eigenvalue weighted by Gasteiger charge is 2.15. The Kier molecular flexibility index (Phi) is 4.42. The Balaban J connectivity index is 2.33. The maximum absolute atomic E-state index is 13.1. The Morgan fingerprint density at radius 1 is 1.30 bits per heavy atom. The van der Waals surface area contributed by atoms with Gasteiger partial charge in [0.1, 0.15) is 5.82 Å². The molecule has 0 bridgehead atoms. The van der Waals surface area contributed by atoms with Crippen molar-refractivity contribution in [3.8, 4) is 0 Å². The number of nitrogens with zero attached hydrogens (tertiary/aromatic N) is 1. The summed E-state index contributed by atoms with van der Waals surface area (Å²) < 4.78 is 13.1. The second-order valence-electron chi connectivity index (χ2n) is 3.87. The second kappa shape index (κ2) is 6.07. The molecule has 4 nitrogen and oxygen atoms in total. The minimum Gasteiger partial charge on any atom is -0.386 e. The van der Waals surface area contributed by atoms with Gasteiger partial charge >= 0.3 is 0 Å². The Bertz CT molecular complexity index is 641. The van der Waals surface area contributed by atoms with Gasteiger partial charge in [0.25, 0.3) is 5.91 Å². The van der Waals surface area contributed by atoms with Crippen LogP contribution >= 0.6 is 23.2 Å². The van der Waals surface area contributed by atoms with E-state index in [1.807, 2.05) is 0 Å². The van der Waals surface area contributed by atoms with Crippen LogP contribution in [0.4, 0.5) is 15.8 Å². The maximum atomic E-state index is 13.1. The van der Waals surface area contributed by atoms with Crippen molar-refractivity contribution in [3.63, 3.8) is 0 Å². The molecule has 0 spiro atoms. The van der Waals surface area contributed by atoms with Crippen LogP contribution in [0.25, 0.3) is 0 Å². The molecule has 1 aromatic carbocycles. The molecule has 20 heavy (non-hydrogen) atoms. The number of hydrogen-bond acceptors (Lipinski definition) is 3. The number of amides is 1. The van der Waals surface area contributed by atoms with Crippen molar-refractivity contribution in [1.82, 2.24) is 4.98 Å². The normalized spacial score (nSPS) is 10.2. The largest absolute Gasteiger partial charge is 0.386 e. The zero-order valence-electron chi connectivity index (χ0n) is 10.4. The third-order valence-corrected chi connectivity index (χ3v) is 3.18. The summed E-state index contributed by atoms with van der Waals surface area (Å²) in [6, 6.07) is 3.70. The van der Waals surface area contributed by atoms with Gasteiger partial charge in [0.05, 0.1) is 33.2 Å². The van der Waals surface area contributed by atoms with Crippen LogP contribution in [-0.4, -0.2) is 17.9 Å². The number of halogens is 3. The van der Waals surface area contributed by atoms with Crippen LogP contribution in [0.5, 0.6) is 0 Å². The SMILES string of the molecule is CNc1cnccc1C(=O)Nc1c(Cl)cc(F)cc1Cl. The molecular formula is C13H10Cl2FN3O. The number of hydrogen-bond donors (Lipinski definition) is 2. The van der Waals surface area contributed by atoms with Gasteiger partial charge in [-0.3, -0.25) is 9.78 Å². The van der Waals surface area contributed by atoms with Crippen molar-refractivity contribution in [2.45, 2.75) is 0 Å². The molecule has 7 heteroatoms. The molecule has 2 aromatic rings. The average molecular weight is 314 g/mol. The Morgan fingerprint density at radius 3 is 2.55 bits per heavy atom. The number of rotatable bonds is 3. The molecular weight excluding hydrogens is 304 g/mol. The number of aromatic nitrogens is 1. The minimum absolute atomic E-state index is 0.0309. The summed E-state index contributed by atoms with van der Waals surface area (Å²) >= 11 is 11.7. The summed E-state index contributed by atoms with van der Waals surface area (Å²) in [5.74, 6) is -0.995. The number of carbonyl (C=O) groups is 1. The summed E-state index contributed by atoms with van der Waals surface area (Å²) in [7, 11) is 1.67. The Labute approximate surface area is 124 Å². The predicted octanol–water partition coefficient (Wildman–Crippen LogP) is 3.82. The zero-order valence-corrected chi connectivity index (χ0v) is 11.9. The summed E-state index contributed by atoms with van der Waals surface area (Å²) in [6.45, 7) is 0. The van der Waals surface area contributed by atoms with Gasteiger partial charge in [-0.05, 0) is 18.2 Å². The summed E-state index contributed by atoms with van der Waals surface area (Å²) in [6.07, 6.45) is 3.01. The minimum atomic E-state index is -0.571. The van der Waals surface area contributed by atoms with Crippen LogP contribution in [0.15, 0.2) is 30.6 Å². The zero-order chi connectivity index (χ0) is 14.7. The van der Waals surface area contributed by atoms with Crippen LogP contribution < -0.4 is 10.6 Å². The van der Waals surface area contributed by atoms with E-state index >= 15 is 0 Å². The highest BCUT2D eigenvalue weighted by Crippen LogP contribution is 2.32. The van der Waals surface area contributed by atoms with E-state index in [2.05, 4.69) is 15.6 Å². The highest BCUT2D eigenvalue weighted by atomic mass is 35.5. The van der Waals surface area contributed by atoms with Gasteiger partial charge < -0.3 is 10.6 Å². The third-order valence-electron chi connectivity index (χ3n) is 2.58. The fourth-order valence-corrected chi connectivity index (χ4v) is 2.19. The molecule has 0 aliphatic heterocycles. The highest BCUT2D eigenvalue weighted by molar-refractivity contribution is 6.40. The average Bonchev–Trinajstić information content (AvgIpc) is 2.42. The lowest BCUT2D eigenvalue weighted by atomic mass is 10.2. The van der Waals surface area contributed by atoms with Crippen molar-refractivity contribution < 1.29 is 9.18 Å². The summed E-state index contributed by atoms with van der Waals surface area (Å²) in [4.78, 5) is 16.1. The third kappa shape index (κ3) is 3.00. The molecule has 2 rings (SSSR count). The van der Waals surface area contributed by atoms with Gasteiger partial charge in [0.15, 0.2) is 0 Å². The second-order valence-corrected chi connectivity index (χ2v) is 4.68. The van der Waals surface area contributed by atoms with E-state index in [-0.39, 0.29) is 15.7 Å². The van der Waals surface area contributed by atoms with Gasteiger partial charge in [0.2, 0.25) is 0 Å². The van der Waals surface area contributed by atoms with Crippen LogP contribution in [0.3, 0.4) is 0 Å². The maximum Gasteiger partial charge on any atom is 0.257 e. The van der Waals surface area contributed by atoms with Gasteiger partial charge in [0, 0.05) is 13.2 Å². The van der Waals surface area contributed by atoms with Crippen molar-refractivity contribution in [2.24, 2.45) is 0 Å². The van der Waals surface area contributed by atoms with Crippen molar-refractivity contribution in [3.05, 3.63) is 52.0 Å². The lowest BCUT2D eigenvalue weighted by Gasteiger charge is -2.11. The van der Waals surface area contributed by atoms with Crippen molar-refractivity contribution >= 4 is 40.5 Å². The monoisotopic (exact) mass is 313 g/mol. The Morgan fingerprint density at radius 2 is 1.95 bits per heavy atom. The quantitative estimate of drug-likeness (QED) is 0.905. The smallest absolute Gasteiger partial charge is 0.257 e. The van der Waals surface area contributed by atoms with Crippen molar-refractivity contribution in [2.75, 3.05) is 17.7 Å². The van der Waals surface area contributed by atoms with Gasteiger partial charge in [-0.2, -0.15) is 0 Å². The first-order valence-corrected chi connectivity index (χ1v) is 6.36. The molecule has 0 atom stereocenters. The lowest BCUT2D eigenvalue weighted by molar-refractivity contribution is 0.102. The van der Waals surface area contributed by atoms with Gasteiger partial charge in [-0.1, -0.05) is 23.2 Å². The van der Waals surface area contributed by atoms with Crippen LogP contribution in [0.2, 0.25) is 10.0 Å². The van der Waals surface area contributed by atoms with Crippen LogP contribution in [-0.2, 0) is 0 Å². The molecule has 0 unspecified atom stereocenters. The number of anilines is 2. The molecule has 0 fully saturated rings. The van der Waals surface area contributed by atoms with E-state index in [0.29, 0.717) is 11.3 Å². The molecule has 1 amide bonds. The molecule has 1 aromatic heterocycles. The summed E-state index contributed by atoms with van der Waals surface area (Å²) in [5, 5.41) is 5.47. The van der Waals surface area contributed by atoms with Crippen LogP contribution in [0, 0.1) is 5.82 Å².